The van der Waals surface area contributed by atoms with E-state index in [9.17, 15) is 0 Å². The highest BCUT2D eigenvalue weighted by atomic mass is 32.1. The number of aromatic nitrogens is 2. The van der Waals surface area contributed by atoms with Crippen LogP contribution >= 0.6 is 11.5 Å². The number of hydrogen-bond donors (Lipinski definition) is 1. The maximum Gasteiger partial charge on any atom is 0.115 e. The van der Waals surface area contributed by atoms with Crippen molar-refractivity contribution in [3.63, 3.8) is 0 Å². The van der Waals surface area contributed by atoms with Crippen molar-refractivity contribution in [2.45, 2.75) is 32.7 Å². The summed E-state index contributed by atoms with van der Waals surface area (Å²) in [4.78, 5) is 1.17. The fraction of sp³-hybridized carbons (Fsp3) is 0.636. The van der Waals surface area contributed by atoms with E-state index in [0.717, 1.165) is 37.4 Å². The number of rotatable bonds is 5. The Labute approximate surface area is 99.9 Å². The third-order valence-corrected chi connectivity index (χ3v) is 3.45. The van der Waals surface area contributed by atoms with Crippen molar-refractivity contribution in [1.29, 1.82) is 0 Å². The van der Waals surface area contributed by atoms with Crippen LogP contribution in [0.25, 0.3) is 0 Å². The third kappa shape index (κ3) is 2.41. The Morgan fingerprint density at radius 3 is 3.06 bits per heavy atom. The molecule has 1 atom stereocenters. The van der Waals surface area contributed by atoms with Crippen LogP contribution in [0.15, 0.2) is 11.8 Å². The van der Waals surface area contributed by atoms with Crippen molar-refractivity contribution in [1.82, 2.24) is 14.9 Å². The fourth-order valence-corrected chi connectivity index (χ4v) is 2.48. The zero-order chi connectivity index (χ0) is 11.4. The molecule has 0 fully saturated rings. The lowest BCUT2D eigenvalue weighted by atomic mass is 10.1. The van der Waals surface area contributed by atoms with E-state index in [2.05, 4.69) is 27.9 Å². The average Bonchev–Trinajstić information content (AvgIpc) is 2.91. The predicted octanol–water partition coefficient (Wildman–Crippen LogP) is 2.19. The Hall–Kier alpha value is -0.940. The van der Waals surface area contributed by atoms with Gasteiger partial charge in [0.1, 0.15) is 11.8 Å². The molecule has 1 aromatic rings. The highest BCUT2D eigenvalue weighted by Crippen LogP contribution is 2.29. The Morgan fingerprint density at radius 2 is 2.50 bits per heavy atom. The molecule has 0 bridgehead atoms. The molecule has 16 heavy (non-hydrogen) atoms. The van der Waals surface area contributed by atoms with Crippen LogP contribution < -0.4 is 5.32 Å². The summed E-state index contributed by atoms with van der Waals surface area (Å²) in [6, 6.07) is 0.141. The van der Waals surface area contributed by atoms with E-state index in [0.29, 0.717) is 0 Å². The number of nitrogens with zero attached hydrogens (tertiary/aromatic N) is 2. The normalized spacial score (nSPS) is 17.0. The van der Waals surface area contributed by atoms with E-state index in [1.54, 1.807) is 0 Å². The van der Waals surface area contributed by atoms with Gasteiger partial charge in [-0.15, -0.1) is 5.10 Å². The second-order valence-electron chi connectivity index (χ2n) is 3.85. The minimum atomic E-state index is 0.141. The molecule has 2 rings (SSSR count). The lowest BCUT2D eigenvalue weighted by Crippen LogP contribution is -2.24. The molecule has 0 amide bonds. The van der Waals surface area contributed by atoms with Crippen molar-refractivity contribution < 1.29 is 4.74 Å². The van der Waals surface area contributed by atoms with Gasteiger partial charge in [-0.05, 0) is 37.5 Å². The van der Waals surface area contributed by atoms with Gasteiger partial charge in [-0.1, -0.05) is 11.4 Å². The van der Waals surface area contributed by atoms with Gasteiger partial charge in [-0.3, -0.25) is 0 Å². The van der Waals surface area contributed by atoms with Crippen molar-refractivity contribution in [2.75, 3.05) is 13.2 Å². The van der Waals surface area contributed by atoms with Crippen molar-refractivity contribution in [2.24, 2.45) is 0 Å². The Bertz CT molecular complexity index is 375. The summed E-state index contributed by atoms with van der Waals surface area (Å²) in [5.74, 6) is 1.03. The number of aryl methyl sites for hydroxylation is 1. The molecule has 0 radical (unpaired) electrons. The van der Waals surface area contributed by atoms with Crippen LogP contribution in [0, 0.1) is 6.92 Å². The first kappa shape index (κ1) is 11.5. The van der Waals surface area contributed by atoms with E-state index in [1.807, 2.05) is 6.92 Å². The summed E-state index contributed by atoms with van der Waals surface area (Å²) in [6.45, 7) is 5.92. The van der Waals surface area contributed by atoms with Crippen LogP contribution in [0.2, 0.25) is 0 Å². The largest absolute Gasteiger partial charge is 0.496 e. The van der Waals surface area contributed by atoms with E-state index in [-0.39, 0.29) is 6.04 Å². The maximum atomic E-state index is 5.64. The number of nitrogens with one attached hydrogen (secondary N) is 1. The summed E-state index contributed by atoms with van der Waals surface area (Å²) >= 11 is 1.45. The van der Waals surface area contributed by atoms with Gasteiger partial charge in [0.2, 0.25) is 0 Å². The zero-order valence-corrected chi connectivity index (χ0v) is 10.5. The smallest absolute Gasteiger partial charge is 0.115 e. The maximum absolute atomic E-state index is 5.64. The topological polar surface area (TPSA) is 47.0 Å². The molecular weight excluding hydrogens is 222 g/mol. The first-order chi connectivity index (χ1) is 7.83. The Morgan fingerprint density at radius 1 is 1.62 bits per heavy atom. The van der Waals surface area contributed by atoms with Crippen LogP contribution in [-0.4, -0.2) is 22.7 Å². The molecule has 1 aromatic heterocycles. The van der Waals surface area contributed by atoms with Crippen LogP contribution in [-0.2, 0) is 4.74 Å². The molecule has 0 aliphatic carbocycles. The summed E-state index contributed by atoms with van der Waals surface area (Å²) in [7, 11) is 0. The van der Waals surface area contributed by atoms with Crippen LogP contribution in [0.3, 0.4) is 0 Å². The van der Waals surface area contributed by atoms with Gasteiger partial charge in [0, 0.05) is 6.42 Å². The van der Waals surface area contributed by atoms with Gasteiger partial charge in [-0.25, -0.2) is 0 Å². The second kappa shape index (κ2) is 5.41. The first-order valence-corrected chi connectivity index (χ1v) is 6.45. The molecule has 1 aliphatic heterocycles. The summed E-state index contributed by atoms with van der Waals surface area (Å²) in [5.41, 5.74) is 0.995. The van der Waals surface area contributed by atoms with Gasteiger partial charge < -0.3 is 10.1 Å². The van der Waals surface area contributed by atoms with Crippen LogP contribution in [0.1, 0.15) is 36.4 Å². The number of hydrogen-bond acceptors (Lipinski definition) is 5. The predicted molar refractivity (Wildman–Crippen MR) is 64.3 cm³/mol. The molecular formula is C11H17N3OS. The molecule has 88 valence electrons. The van der Waals surface area contributed by atoms with Crippen LogP contribution in [0.5, 0.6) is 0 Å². The average molecular weight is 239 g/mol. The van der Waals surface area contributed by atoms with Crippen molar-refractivity contribution in [3.05, 3.63) is 22.4 Å². The molecule has 0 aromatic carbocycles. The Kier molecular flexibility index (Phi) is 3.90. The van der Waals surface area contributed by atoms with E-state index >= 15 is 0 Å². The van der Waals surface area contributed by atoms with Crippen LogP contribution in [0.4, 0.5) is 0 Å². The first-order valence-electron chi connectivity index (χ1n) is 5.68. The minimum absolute atomic E-state index is 0.141. The molecule has 4 nitrogen and oxygen atoms in total. The summed E-state index contributed by atoms with van der Waals surface area (Å²) in [6.07, 6.45) is 4.27. The van der Waals surface area contributed by atoms with Crippen molar-refractivity contribution in [3.8, 4) is 0 Å². The zero-order valence-electron chi connectivity index (χ0n) is 9.69. The van der Waals surface area contributed by atoms with Gasteiger partial charge in [0.05, 0.1) is 17.2 Å². The minimum Gasteiger partial charge on any atom is -0.496 e. The summed E-state index contributed by atoms with van der Waals surface area (Å²) < 4.78 is 9.63. The molecule has 0 saturated carbocycles. The molecule has 0 saturated heterocycles. The molecule has 5 heteroatoms. The second-order valence-corrected chi connectivity index (χ2v) is 4.64. The standard InChI is InChI=1S/C11H17N3OS/c1-3-6-12-10(9-5-4-7-15-9)11-8(2)13-14-16-11/h5,10,12H,3-4,6-7H2,1-2H3. The summed E-state index contributed by atoms with van der Waals surface area (Å²) in [5, 5.41) is 7.55. The monoisotopic (exact) mass is 239 g/mol. The quantitative estimate of drug-likeness (QED) is 0.855. The highest BCUT2D eigenvalue weighted by Gasteiger charge is 2.24. The third-order valence-electron chi connectivity index (χ3n) is 2.56. The molecule has 1 unspecified atom stereocenters. The molecule has 1 N–H and O–H groups in total. The van der Waals surface area contributed by atoms with Gasteiger partial charge in [-0.2, -0.15) is 0 Å². The van der Waals surface area contributed by atoms with E-state index in [1.165, 1.54) is 16.4 Å². The Balaban J connectivity index is 2.17. The highest BCUT2D eigenvalue weighted by molar-refractivity contribution is 7.05. The lowest BCUT2D eigenvalue weighted by molar-refractivity contribution is 0.216. The van der Waals surface area contributed by atoms with Gasteiger partial charge >= 0.3 is 0 Å². The molecule has 0 spiro atoms. The SMILES string of the molecule is CCCNC(C1=CCCO1)c1snnc1C. The fourth-order valence-electron chi connectivity index (χ4n) is 1.75. The molecule has 2 heterocycles. The van der Waals surface area contributed by atoms with Gasteiger partial charge in [0.25, 0.3) is 0 Å². The van der Waals surface area contributed by atoms with E-state index in [4.69, 9.17) is 4.74 Å². The van der Waals surface area contributed by atoms with E-state index < -0.39 is 0 Å². The molecule has 1 aliphatic rings. The number of ether oxygens (including phenoxy) is 1. The lowest BCUT2D eigenvalue weighted by Gasteiger charge is -2.18. The van der Waals surface area contributed by atoms with Gasteiger partial charge in [0.15, 0.2) is 0 Å². The van der Waals surface area contributed by atoms with Crippen molar-refractivity contribution >= 4 is 11.5 Å².